The topological polar surface area (TPSA) is 12.0 Å². The maximum absolute atomic E-state index is 3.73. The Bertz CT molecular complexity index is 662. The Labute approximate surface area is 121 Å². The van der Waals surface area contributed by atoms with Gasteiger partial charge in [-0.05, 0) is 66.5 Å². The largest absolute Gasteiger partial charge is 0.310 e. The third kappa shape index (κ3) is 1.47. The molecule has 3 atom stereocenters. The molecule has 2 fully saturated rings. The standard InChI is InChI=1S/C19H23N/c1-18-10-9-14(12-18)13-19(18,20-2)17-8-7-15-5-3-4-6-16(15)11-17/h3-8,11,14,20H,9-10,12-13H2,1-2H3/t14-,18-,19+/m0/s1. The van der Waals surface area contributed by atoms with Crippen LogP contribution in [0, 0.1) is 11.3 Å². The molecular weight excluding hydrogens is 242 g/mol. The van der Waals surface area contributed by atoms with Crippen LogP contribution in [0.3, 0.4) is 0 Å². The average Bonchev–Trinajstić information content (AvgIpc) is 3.00. The van der Waals surface area contributed by atoms with Crippen LogP contribution in [-0.2, 0) is 5.54 Å². The summed E-state index contributed by atoms with van der Waals surface area (Å²) in [5, 5.41) is 6.44. The molecule has 2 saturated carbocycles. The Morgan fingerprint density at radius 3 is 2.50 bits per heavy atom. The van der Waals surface area contributed by atoms with Crippen molar-refractivity contribution in [1.29, 1.82) is 0 Å². The van der Waals surface area contributed by atoms with Crippen molar-refractivity contribution in [3.8, 4) is 0 Å². The SMILES string of the molecule is CN[C@@]1(c2ccc3ccccc3c2)C[C@H]2CC[C@@]1(C)C2. The Balaban J connectivity index is 1.88. The second kappa shape index (κ2) is 4.08. The second-order valence-corrected chi connectivity index (χ2v) is 7.09. The van der Waals surface area contributed by atoms with Gasteiger partial charge in [-0.25, -0.2) is 0 Å². The van der Waals surface area contributed by atoms with Crippen LogP contribution in [0.2, 0.25) is 0 Å². The van der Waals surface area contributed by atoms with Crippen LogP contribution in [0.5, 0.6) is 0 Å². The fourth-order valence-corrected chi connectivity index (χ4v) is 5.07. The summed E-state index contributed by atoms with van der Waals surface area (Å²) in [6.07, 6.45) is 5.48. The molecule has 2 bridgehead atoms. The molecule has 4 rings (SSSR count). The highest BCUT2D eigenvalue weighted by atomic mass is 15.0. The third-order valence-corrected chi connectivity index (χ3v) is 6.14. The van der Waals surface area contributed by atoms with Crippen molar-refractivity contribution < 1.29 is 0 Å². The molecule has 0 unspecified atom stereocenters. The molecule has 0 radical (unpaired) electrons. The lowest BCUT2D eigenvalue weighted by molar-refractivity contribution is 0.126. The van der Waals surface area contributed by atoms with E-state index in [1.165, 1.54) is 42.0 Å². The lowest BCUT2D eigenvalue weighted by Gasteiger charge is -2.45. The van der Waals surface area contributed by atoms with E-state index in [1.54, 1.807) is 0 Å². The molecular formula is C19H23N. The monoisotopic (exact) mass is 265 g/mol. The highest BCUT2D eigenvalue weighted by Gasteiger charge is 2.58. The van der Waals surface area contributed by atoms with Crippen LogP contribution in [0.25, 0.3) is 10.8 Å². The fourth-order valence-electron chi connectivity index (χ4n) is 5.07. The second-order valence-electron chi connectivity index (χ2n) is 7.09. The van der Waals surface area contributed by atoms with E-state index in [0.29, 0.717) is 5.41 Å². The van der Waals surface area contributed by atoms with E-state index in [4.69, 9.17) is 0 Å². The molecule has 2 aromatic rings. The van der Waals surface area contributed by atoms with Crippen molar-refractivity contribution in [3.63, 3.8) is 0 Å². The number of rotatable bonds is 2. The quantitative estimate of drug-likeness (QED) is 0.845. The number of fused-ring (bicyclic) bond motifs is 3. The zero-order chi connectivity index (χ0) is 13.8. The van der Waals surface area contributed by atoms with Crippen molar-refractivity contribution >= 4 is 10.8 Å². The molecule has 2 aliphatic rings. The molecule has 1 nitrogen and oxygen atoms in total. The van der Waals surface area contributed by atoms with Crippen LogP contribution in [0.15, 0.2) is 42.5 Å². The summed E-state index contributed by atoms with van der Waals surface area (Å²) >= 11 is 0. The maximum Gasteiger partial charge on any atom is 0.0489 e. The van der Waals surface area contributed by atoms with Crippen LogP contribution in [-0.4, -0.2) is 7.05 Å². The lowest BCUT2D eigenvalue weighted by atomic mass is 9.66. The van der Waals surface area contributed by atoms with Gasteiger partial charge in [-0.1, -0.05) is 43.3 Å². The number of hydrogen-bond acceptors (Lipinski definition) is 1. The molecule has 0 aliphatic heterocycles. The minimum absolute atomic E-state index is 0.181. The van der Waals surface area contributed by atoms with Gasteiger partial charge < -0.3 is 5.32 Å². The highest BCUT2D eigenvalue weighted by Crippen LogP contribution is 2.63. The van der Waals surface area contributed by atoms with Gasteiger partial charge in [0.1, 0.15) is 0 Å². The maximum atomic E-state index is 3.73. The first-order valence-electron chi connectivity index (χ1n) is 7.85. The van der Waals surface area contributed by atoms with E-state index in [0.717, 1.165) is 5.92 Å². The number of hydrogen-bond donors (Lipinski definition) is 1. The summed E-state index contributed by atoms with van der Waals surface area (Å²) in [5.41, 5.74) is 2.10. The molecule has 2 aromatic carbocycles. The third-order valence-electron chi connectivity index (χ3n) is 6.14. The van der Waals surface area contributed by atoms with Gasteiger partial charge in [-0.15, -0.1) is 0 Å². The molecule has 2 aliphatic carbocycles. The molecule has 0 heterocycles. The van der Waals surface area contributed by atoms with Gasteiger partial charge in [0, 0.05) is 5.54 Å². The van der Waals surface area contributed by atoms with Gasteiger partial charge >= 0.3 is 0 Å². The molecule has 104 valence electrons. The minimum Gasteiger partial charge on any atom is -0.310 e. The molecule has 20 heavy (non-hydrogen) atoms. The van der Waals surface area contributed by atoms with Crippen molar-refractivity contribution in [3.05, 3.63) is 48.0 Å². The summed E-state index contributed by atoms with van der Waals surface area (Å²) in [6.45, 7) is 2.49. The average molecular weight is 265 g/mol. The zero-order valence-electron chi connectivity index (χ0n) is 12.4. The first-order valence-corrected chi connectivity index (χ1v) is 7.85. The van der Waals surface area contributed by atoms with Gasteiger partial charge in [-0.3, -0.25) is 0 Å². The first-order chi connectivity index (χ1) is 9.67. The predicted octanol–water partition coefficient (Wildman–Crippen LogP) is 4.46. The normalized spacial score (nSPS) is 35.8. The molecule has 0 spiro atoms. The lowest BCUT2D eigenvalue weighted by Crippen LogP contribution is -2.50. The number of nitrogens with one attached hydrogen (secondary N) is 1. The van der Waals surface area contributed by atoms with E-state index in [1.807, 2.05) is 0 Å². The van der Waals surface area contributed by atoms with Gasteiger partial charge in [0.2, 0.25) is 0 Å². The van der Waals surface area contributed by atoms with Crippen LogP contribution in [0.4, 0.5) is 0 Å². The zero-order valence-corrected chi connectivity index (χ0v) is 12.4. The van der Waals surface area contributed by atoms with Crippen molar-refractivity contribution in [1.82, 2.24) is 5.32 Å². The Morgan fingerprint density at radius 2 is 1.85 bits per heavy atom. The van der Waals surface area contributed by atoms with Crippen molar-refractivity contribution in [2.75, 3.05) is 7.05 Å². The Kier molecular flexibility index (Phi) is 2.53. The summed E-state index contributed by atoms with van der Waals surface area (Å²) in [7, 11) is 2.15. The van der Waals surface area contributed by atoms with Gasteiger partial charge in [-0.2, -0.15) is 0 Å². The van der Waals surface area contributed by atoms with Crippen LogP contribution < -0.4 is 5.32 Å². The molecule has 1 heteroatoms. The minimum atomic E-state index is 0.181. The van der Waals surface area contributed by atoms with Gasteiger partial charge in [0.05, 0.1) is 0 Å². The van der Waals surface area contributed by atoms with E-state index in [9.17, 15) is 0 Å². The Hall–Kier alpha value is -1.34. The fraction of sp³-hybridized carbons (Fsp3) is 0.474. The van der Waals surface area contributed by atoms with Crippen LogP contribution in [0.1, 0.15) is 38.2 Å². The molecule has 0 aromatic heterocycles. The van der Waals surface area contributed by atoms with Gasteiger partial charge in [0.15, 0.2) is 0 Å². The van der Waals surface area contributed by atoms with E-state index in [2.05, 4.69) is 61.8 Å². The van der Waals surface area contributed by atoms with E-state index >= 15 is 0 Å². The summed E-state index contributed by atoms with van der Waals surface area (Å²) in [5.74, 6) is 0.916. The smallest absolute Gasteiger partial charge is 0.0489 e. The number of benzene rings is 2. The van der Waals surface area contributed by atoms with Crippen molar-refractivity contribution in [2.45, 2.75) is 38.1 Å². The summed E-state index contributed by atoms with van der Waals surface area (Å²) in [4.78, 5) is 0. The summed E-state index contributed by atoms with van der Waals surface area (Å²) in [6, 6.07) is 15.8. The molecule has 0 amide bonds. The Morgan fingerprint density at radius 1 is 1.05 bits per heavy atom. The van der Waals surface area contributed by atoms with Gasteiger partial charge in [0.25, 0.3) is 0 Å². The predicted molar refractivity (Wildman–Crippen MR) is 84.8 cm³/mol. The first kappa shape index (κ1) is 12.4. The van der Waals surface area contributed by atoms with Crippen molar-refractivity contribution in [2.24, 2.45) is 11.3 Å². The van der Waals surface area contributed by atoms with Crippen LogP contribution >= 0.6 is 0 Å². The molecule has 0 saturated heterocycles. The van der Waals surface area contributed by atoms with E-state index in [-0.39, 0.29) is 5.54 Å². The molecule has 1 N–H and O–H groups in total. The van der Waals surface area contributed by atoms with E-state index < -0.39 is 0 Å². The highest BCUT2D eigenvalue weighted by molar-refractivity contribution is 5.83. The summed E-state index contributed by atoms with van der Waals surface area (Å²) < 4.78 is 0.